The molecule has 1 aliphatic rings. The molecule has 9 heteroatoms. The van der Waals surface area contributed by atoms with Gasteiger partial charge < -0.3 is 9.80 Å². The van der Waals surface area contributed by atoms with E-state index in [2.05, 4.69) is 25.0 Å². The molecule has 31 heavy (non-hydrogen) atoms. The number of nitrogens with zero attached hydrogens (tertiary/aromatic N) is 6. The summed E-state index contributed by atoms with van der Waals surface area (Å²) in [6, 6.07) is 16.4. The number of rotatable bonds is 6. The highest BCUT2D eigenvalue weighted by Crippen LogP contribution is 2.24. The van der Waals surface area contributed by atoms with E-state index in [1.165, 1.54) is 10.5 Å². The fourth-order valence-corrected chi connectivity index (χ4v) is 5.18. The number of hydrogen-bond donors (Lipinski definition) is 0. The Morgan fingerprint density at radius 1 is 0.903 bits per heavy atom. The molecule has 4 rings (SSSR count). The van der Waals surface area contributed by atoms with Crippen LogP contribution in [0.3, 0.4) is 0 Å². The number of aromatic nitrogens is 3. The lowest BCUT2D eigenvalue weighted by atomic mass is 10.3. The Kier molecular flexibility index (Phi) is 6.31. The van der Waals surface area contributed by atoms with Crippen LogP contribution >= 0.6 is 0 Å². The number of hydrogen-bond acceptors (Lipinski definition) is 7. The molecule has 162 valence electrons. The number of anilines is 3. The summed E-state index contributed by atoms with van der Waals surface area (Å²) >= 11 is 0. The van der Waals surface area contributed by atoms with Gasteiger partial charge in [0, 0.05) is 45.1 Å². The molecule has 1 aromatic carbocycles. The van der Waals surface area contributed by atoms with Crippen LogP contribution in [0.2, 0.25) is 0 Å². The number of para-hydroxylation sites is 1. The zero-order valence-corrected chi connectivity index (χ0v) is 18.3. The predicted octanol–water partition coefficient (Wildman–Crippen LogP) is 2.80. The van der Waals surface area contributed by atoms with E-state index >= 15 is 0 Å². The van der Waals surface area contributed by atoms with Gasteiger partial charge in [-0.15, -0.1) is 5.10 Å². The van der Waals surface area contributed by atoms with Crippen molar-refractivity contribution in [2.45, 2.75) is 18.2 Å². The first-order valence-corrected chi connectivity index (χ1v) is 11.8. The molecule has 0 amide bonds. The molecular weight excluding hydrogens is 412 g/mol. The third-order valence-electron chi connectivity index (χ3n) is 5.34. The average molecular weight is 439 g/mol. The van der Waals surface area contributed by atoms with Crippen molar-refractivity contribution < 1.29 is 8.42 Å². The predicted molar refractivity (Wildman–Crippen MR) is 122 cm³/mol. The lowest BCUT2D eigenvalue weighted by Gasteiger charge is -2.24. The molecule has 0 aliphatic carbocycles. The molecule has 3 aromatic rings. The first-order chi connectivity index (χ1) is 15.1. The highest BCUT2D eigenvalue weighted by Gasteiger charge is 2.24. The smallest absolute Gasteiger partial charge is 0.265 e. The molecule has 1 aliphatic heterocycles. The first-order valence-electron chi connectivity index (χ1n) is 10.4. The van der Waals surface area contributed by atoms with Gasteiger partial charge in [-0.2, -0.15) is 5.10 Å². The SMILES string of the molecule is CCN(c1ccccc1)S(=O)(=O)c1ccc(N2CCCN(c3cccnn3)CC2)nc1. The largest absolute Gasteiger partial charge is 0.355 e. The Hall–Kier alpha value is -3.20. The monoisotopic (exact) mass is 438 g/mol. The van der Waals surface area contributed by atoms with Crippen LogP contribution in [0.1, 0.15) is 13.3 Å². The molecule has 2 aromatic heterocycles. The van der Waals surface area contributed by atoms with Gasteiger partial charge in [0.2, 0.25) is 0 Å². The molecule has 0 atom stereocenters. The zero-order chi connectivity index (χ0) is 21.7. The van der Waals surface area contributed by atoms with Gasteiger partial charge >= 0.3 is 0 Å². The van der Waals surface area contributed by atoms with Crippen molar-refractivity contribution in [1.82, 2.24) is 15.2 Å². The Labute approximate surface area is 183 Å². The van der Waals surface area contributed by atoms with Crippen molar-refractivity contribution in [3.8, 4) is 0 Å². The summed E-state index contributed by atoms with van der Waals surface area (Å²) in [4.78, 5) is 9.08. The zero-order valence-electron chi connectivity index (χ0n) is 17.5. The molecule has 0 N–H and O–H groups in total. The van der Waals surface area contributed by atoms with Crippen molar-refractivity contribution in [1.29, 1.82) is 0 Å². The summed E-state index contributed by atoms with van der Waals surface area (Å²) in [7, 11) is -3.67. The van der Waals surface area contributed by atoms with E-state index in [0.717, 1.165) is 44.2 Å². The van der Waals surface area contributed by atoms with Crippen molar-refractivity contribution in [2.24, 2.45) is 0 Å². The topological polar surface area (TPSA) is 82.5 Å². The normalized spacial score (nSPS) is 14.9. The second kappa shape index (κ2) is 9.30. The fourth-order valence-electron chi connectivity index (χ4n) is 3.76. The lowest BCUT2D eigenvalue weighted by Crippen LogP contribution is -2.32. The fraction of sp³-hybridized carbons (Fsp3) is 0.318. The van der Waals surface area contributed by atoms with Gasteiger partial charge in [-0.05, 0) is 49.7 Å². The van der Waals surface area contributed by atoms with Crippen LogP contribution in [0.15, 0.2) is 71.9 Å². The van der Waals surface area contributed by atoms with Crippen LogP contribution in [0, 0.1) is 0 Å². The number of pyridine rings is 1. The van der Waals surface area contributed by atoms with E-state index < -0.39 is 10.0 Å². The summed E-state index contributed by atoms with van der Waals surface area (Å²) in [5.41, 5.74) is 0.644. The molecule has 0 saturated carbocycles. The van der Waals surface area contributed by atoms with Crippen LogP contribution in [-0.2, 0) is 10.0 Å². The summed E-state index contributed by atoms with van der Waals surface area (Å²) in [6.45, 7) is 5.49. The maximum absolute atomic E-state index is 13.2. The van der Waals surface area contributed by atoms with Gasteiger partial charge in [-0.3, -0.25) is 4.31 Å². The van der Waals surface area contributed by atoms with E-state index in [1.54, 1.807) is 30.5 Å². The maximum atomic E-state index is 13.2. The third kappa shape index (κ3) is 4.61. The maximum Gasteiger partial charge on any atom is 0.265 e. The molecule has 0 radical (unpaired) electrons. The van der Waals surface area contributed by atoms with Crippen LogP contribution < -0.4 is 14.1 Å². The molecule has 0 bridgehead atoms. The Bertz CT molecular complexity index is 1080. The Morgan fingerprint density at radius 3 is 2.26 bits per heavy atom. The van der Waals surface area contributed by atoms with Gasteiger partial charge in [0.05, 0.1) is 5.69 Å². The number of benzene rings is 1. The standard InChI is InChI=1S/C22H26N6O2S/c1-2-28(19-8-4-3-5-9-19)31(29,30)20-11-12-21(23-18-20)26-14-7-15-27(17-16-26)22-10-6-13-24-25-22/h3-6,8-13,18H,2,7,14-17H2,1H3. The van der Waals surface area contributed by atoms with E-state index in [-0.39, 0.29) is 4.90 Å². The van der Waals surface area contributed by atoms with Crippen LogP contribution in [0.4, 0.5) is 17.3 Å². The Morgan fingerprint density at radius 2 is 1.65 bits per heavy atom. The Balaban J connectivity index is 1.49. The van der Waals surface area contributed by atoms with Crippen molar-refractivity contribution in [3.05, 3.63) is 67.0 Å². The van der Waals surface area contributed by atoms with Gasteiger partial charge in [-0.25, -0.2) is 13.4 Å². The second-order valence-electron chi connectivity index (χ2n) is 7.27. The summed E-state index contributed by atoms with van der Waals surface area (Å²) in [5.74, 6) is 1.65. The molecule has 8 nitrogen and oxygen atoms in total. The highest BCUT2D eigenvalue weighted by molar-refractivity contribution is 7.92. The lowest BCUT2D eigenvalue weighted by molar-refractivity contribution is 0.591. The molecule has 0 spiro atoms. The first kappa shape index (κ1) is 21.0. The van der Waals surface area contributed by atoms with Gasteiger partial charge in [0.1, 0.15) is 10.7 Å². The molecule has 1 saturated heterocycles. The summed E-state index contributed by atoms with van der Waals surface area (Å²) < 4.78 is 27.7. The van der Waals surface area contributed by atoms with E-state index in [0.29, 0.717) is 12.2 Å². The van der Waals surface area contributed by atoms with Crippen molar-refractivity contribution in [3.63, 3.8) is 0 Å². The van der Waals surface area contributed by atoms with Crippen molar-refractivity contribution >= 4 is 27.3 Å². The molecule has 3 heterocycles. The molecular formula is C22H26N6O2S. The van der Waals surface area contributed by atoms with Crippen LogP contribution in [0.5, 0.6) is 0 Å². The minimum atomic E-state index is -3.67. The third-order valence-corrected chi connectivity index (χ3v) is 7.23. The molecule has 1 fully saturated rings. The quantitative estimate of drug-likeness (QED) is 0.585. The van der Waals surface area contributed by atoms with Crippen LogP contribution in [0.25, 0.3) is 0 Å². The van der Waals surface area contributed by atoms with Gasteiger partial charge in [0.25, 0.3) is 10.0 Å². The minimum Gasteiger partial charge on any atom is -0.355 e. The minimum absolute atomic E-state index is 0.193. The van der Waals surface area contributed by atoms with E-state index in [1.807, 2.05) is 37.3 Å². The highest BCUT2D eigenvalue weighted by atomic mass is 32.2. The summed E-state index contributed by atoms with van der Waals surface area (Å²) in [5, 5.41) is 8.17. The molecule has 0 unspecified atom stereocenters. The van der Waals surface area contributed by atoms with E-state index in [4.69, 9.17) is 0 Å². The number of sulfonamides is 1. The van der Waals surface area contributed by atoms with E-state index in [9.17, 15) is 8.42 Å². The average Bonchev–Trinajstić information content (AvgIpc) is 3.07. The summed E-state index contributed by atoms with van der Waals surface area (Å²) in [6.07, 6.45) is 4.09. The van der Waals surface area contributed by atoms with Crippen LogP contribution in [-0.4, -0.2) is 56.3 Å². The van der Waals surface area contributed by atoms with Gasteiger partial charge in [-0.1, -0.05) is 18.2 Å². The second-order valence-corrected chi connectivity index (χ2v) is 9.13. The van der Waals surface area contributed by atoms with Crippen molar-refractivity contribution in [2.75, 3.05) is 46.8 Å². The van der Waals surface area contributed by atoms with Gasteiger partial charge in [0.15, 0.2) is 5.82 Å².